The fourth-order valence-corrected chi connectivity index (χ4v) is 1.81. The molecule has 0 saturated carbocycles. The summed E-state index contributed by atoms with van der Waals surface area (Å²) in [6, 6.07) is 11.1. The summed E-state index contributed by atoms with van der Waals surface area (Å²) in [5.74, 6) is -0.270. The number of para-hydroxylation sites is 2. The van der Waals surface area contributed by atoms with Crippen LogP contribution in [0, 0.1) is 11.3 Å². The summed E-state index contributed by atoms with van der Waals surface area (Å²) in [6.45, 7) is 0. The molecule has 3 aromatic rings. The molecular formula is C13H9N5O. The van der Waals surface area contributed by atoms with E-state index in [0.29, 0.717) is 22.7 Å². The number of hydrogen-bond acceptors (Lipinski definition) is 6. The molecule has 0 aliphatic rings. The molecule has 2 aromatic heterocycles. The standard InChI is InChI=1S/C13H9N5O/c14-7-8(9-5-6-16-13(15)18-9)12-17-10-3-1-2-4-11(10)19-12/h1-6,8H,(H2,15,16,18). The van der Waals surface area contributed by atoms with Crippen LogP contribution in [0.4, 0.5) is 5.95 Å². The van der Waals surface area contributed by atoms with Crippen LogP contribution in [0.2, 0.25) is 0 Å². The predicted molar refractivity (Wildman–Crippen MR) is 67.9 cm³/mol. The Morgan fingerprint density at radius 1 is 1.21 bits per heavy atom. The smallest absolute Gasteiger partial charge is 0.220 e. The van der Waals surface area contributed by atoms with Crippen molar-refractivity contribution in [1.29, 1.82) is 5.26 Å². The highest BCUT2D eigenvalue weighted by Gasteiger charge is 2.21. The van der Waals surface area contributed by atoms with Gasteiger partial charge in [-0.05, 0) is 18.2 Å². The zero-order valence-corrected chi connectivity index (χ0v) is 9.82. The number of nitrogens with two attached hydrogens (primary N) is 1. The molecule has 1 unspecified atom stereocenters. The van der Waals surface area contributed by atoms with Gasteiger partial charge in [-0.25, -0.2) is 15.0 Å². The minimum Gasteiger partial charge on any atom is -0.439 e. The lowest BCUT2D eigenvalue weighted by atomic mass is 10.1. The van der Waals surface area contributed by atoms with Crippen LogP contribution in [-0.2, 0) is 0 Å². The van der Waals surface area contributed by atoms with Crippen molar-refractivity contribution < 1.29 is 4.42 Å². The van der Waals surface area contributed by atoms with E-state index in [1.165, 1.54) is 6.20 Å². The molecule has 92 valence electrons. The van der Waals surface area contributed by atoms with Crippen LogP contribution in [0.1, 0.15) is 17.5 Å². The van der Waals surface area contributed by atoms with Crippen LogP contribution in [0.15, 0.2) is 40.9 Å². The van der Waals surface area contributed by atoms with Gasteiger partial charge in [0.1, 0.15) is 5.52 Å². The van der Waals surface area contributed by atoms with Crippen molar-refractivity contribution in [3.8, 4) is 6.07 Å². The van der Waals surface area contributed by atoms with E-state index in [-0.39, 0.29) is 5.95 Å². The molecule has 1 aromatic carbocycles. The van der Waals surface area contributed by atoms with Crippen LogP contribution in [-0.4, -0.2) is 15.0 Å². The molecule has 0 fully saturated rings. The number of hydrogen-bond donors (Lipinski definition) is 1. The van der Waals surface area contributed by atoms with E-state index in [1.807, 2.05) is 18.2 Å². The minimum absolute atomic E-state index is 0.119. The molecule has 0 amide bonds. The summed E-state index contributed by atoms with van der Waals surface area (Å²) < 4.78 is 5.58. The summed E-state index contributed by atoms with van der Waals surface area (Å²) in [5.41, 5.74) is 7.34. The maximum Gasteiger partial charge on any atom is 0.220 e. The van der Waals surface area contributed by atoms with E-state index >= 15 is 0 Å². The Hall–Kier alpha value is -2.94. The first-order chi connectivity index (χ1) is 9.28. The zero-order chi connectivity index (χ0) is 13.2. The number of nitrogens with zero attached hydrogens (tertiary/aromatic N) is 4. The van der Waals surface area contributed by atoms with Crippen LogP contribution in [0.5, 0.6) is 0 Å². The van der Waals surface area contributed by atoms with E-state index in [9.17, 15) is 5.26 Å². The number of nitriles is 1. The monoisotopic (exact) mass is 251 g/mol. The summed E-state index contributed by atoms with van der Waals surface area (Å²) in [6.07, 6.45) is 1.50. The quantitative estimate of drug-likeness (QED) is 0.745. The lowest BCUT2D eigenvalue weighted by Gasteiger charge is -2.03. The summed E-state index contributed by atoms with van der Waals surface area (Å²) >= 11 is 0. The van der Waals surface area contributed by atoms with Gasteiger partial charge in [0.05, 0.1) is 11.8 Å². The molecule has 2 heterocycles. The first-order valence-corrected chi connectivity index (χ1v) is 5.61. The molecule has 3 rings (SSSR count). The van der Waals surface area contributed by atoms with Crippen molar-refractivity contribution in [1.82, 2.24) is 15.0 Å². The fraction of sp³-hybridized carbons (Fsp3) is 0.0769. The molecule has 0 spiro atoms. The van der Waals surface area contributed by atoms with Gasteiger partial charge in [0.2, 0.25) is 11.8 Å². The maximum absolute atomic E-state index is 9.30. The third kappa shape index (κ3) is 1.98. The number of nitrogen functional groups attached to an aromatic ring is 1. The van der Waals surface area contributed by atoms with Gasteiger partial charge in [-0.3, -0.25) is 0 Å². The van der Waals surface area contributed by atoms with Crippen molar-refractivity contribution in [3.63, 3.8) is 0 Å². The van der Waals surface area contributed by atoms with Crippen molar-refractivity contribution in [2.75, 3.05) is 5.73 Å². The van der Waals surface area contributed by atoms with Crippen molar-refractivity contribution in [2.45, 2.75) is 5.92 Å². The Kier molecular flexibility index (Phi) is 2.58. The van der Waals surface area contributed by atoms with Crippen LogP contribution in [0.3, 0.4) is 0 Å². The lowest BCUT2D eigenvalue weighted by Crippen LogP contribution is -2.04. The van der Waals surface area contributed by atoms with Gasteiger partial charge < -0.3 is 10.2 Å². The molecule has 0 radical (unpaired) electrons. The van der Waals surface area contributed by atoms with E-state index in [1.54, 1.807) is 12.1 Å². The molecule has 0 aliphatic carbocycles. The first kappa shape index (κ1) is 11.2. The Morgan fingerprint density at radius 2 is 2.05 bits per heavy atom. The number of aromatic nitrogens is 3. The number of benzene rings is 1. The second-order valence-corrected chi connectivity index (χ2v) is 3.92. The highest BCUT2D eigenvalue weighted by Crippen LogP contribution is 2.25. The molecule has 0 saturated heterocycles. The highest BCUT2D eigenvalue weighted by atomic mass is 16.3. The van der Waals surface area contributed by atoms with Crippen LogP contribution >= 0.6 is 0 Å². The molecule has 0 bridgehead atoms. The van der Waals surface area contributed by atoms with Crippen molar-refractivity contribution in [3.05, 3.63) is 48.1 Å². The SMILES string of the molecule is N#CC(c1ccnc(N)n1)c1nc2ccccc2o1. The summed E-state index contributed by atoms with van der Waals surface area (Å²) in [5, 5.41) is 9.30. The number of fused-ring (bicyclic) bond motifs is 1. The van der Waals surface area contributed by atoms with Crippen molar-refractivity contribution >= 4 is 17.0 Å². The van der Waals surface area contributed by atoms with Crippen LogP contribution < -0.4 is 5.73 Å². The largest absolute Gasteiger partial charge is 0.439 e. The van der Waals surface area contributed by atoms with Gasteiger partial charge in [-0.2, -0.15) is 5.26 Å². The number of oxazole rings is 1. The second kappa shape index (κ2) is 4.38. The maximum atomic E-state index is 9.30. The Bertz CT molecular complexity index is 741. The average Bonchev–Trinajstić information content (AvgIpc) is 2.83. The van der Waals surface area contributed by atoms with Gasteiger partial charge >= 0.3 is 0 Å². The fourth-order valence-electron chi connectivity index (χ4n) is 1.81. The van der Waals surface area contributed by atoms with Gasteiger partial charge in [-0.1, -0.05) is 12.1 Å². The lowest BCUT2D eigenvalue weighted by molar-refractivity contribution is 0.525. The van der Waals surface area contributed by atoms with Crippen molar-refractivity contribution in [2.24, 2.45) is 0 Å². The third-order valence-electron chi connectivity index (χ3n) is 2.68. The van der Waals surface area contributed by atoms with E-state index < -0.39 is 5.92 Å². The summed E-state index contributed by atoms with van der Waals surface area (Å²) in [7, 11) is 0. The Balaban J connectivity index is 2.10. The zero-order valence-electron chi connectivity index (χ0n) is 9.82. The molecule has 1 atom stereocenters. The molecule has 6 heteroatoms. The number of rotatable bonds is 2. The highest BCUT2D eigenvalue weighted by molar-refractivity contribution is 5.72. The van der Waals surface area contributed by atoms with Crippen LogP contribution in [0.25, 0.3) is 11.1 Å². The van der Waals surface area contributed by atoms with Gasteiger partial charge in [0, 0.05) is 6.20 Å². The van der Waals surface area contributed by atoms with Gasteiger partial charge in [-0.15, -0.1) is 0 Å². The van der Waals surface area contributed by atoms with Gasteiger partial charge in [0.15, 0.2) is 11.5 Å². The van der Waals surface area contributed by atoms with E-state index in [2.05, 4.69) is 21.0 Å². The third-order valence-corrected chi connectivity index (χ3v) is 2.68. The normalized spacial score (nSPS) is 12.2. The number of anilines is 1. The predicted octanol–water partition coefficient (Wildman–Crippen LogP) is 1.86. The topological polar surface area (TPSA) is 102 Å². The van der Waals surface area contributed by atoms with E-state index in [0.717, 1.165) is 0 Å². The average molecular weight is 251 g/mol. The molecular weight excluding hydrogens is 242 g/mol. The molecule has 6 nitrogen and oxygen atoms in total. The second-order valence-electron chi connectivity index (χ2n) is 3.92. The Morgan fingerprint density at radius 3 is 2.79 bits per heavy atom. The molecule has 19 heavy (non-hydrogen) atoms. The molecule has 2 N–H and O–H groups in total. The summed E-state index contributed by atoms with van der Waals surface area (Å²) in [4.78, 5) is 12.1. The van der Waals surface area contributed by atoms with E-state index in [4.69, 9.17) is 10.2 Å². The first-order valence-electron chi connectivity index (χ1n) is 5.61. The van der Waals surface area contributed by atoms with Gasteiger partial charge in [0.25, 0.3) is 0 Å². The Labute approximate surface area is 108 Å². The molecule has 0 aliphatic heterocycles. The minimum atomic E-state index is -0.697.